The average Bonchev–Trinajstić information content (AvgIpc) is 3.37. The van der Waals surface area contributed by atoms with Crippen LogP contribution in [0.15, 0.2) is 58.3 Å². The van der Waals surface area contributed by atoms with Gasteiger partial charge in [-0.3, -0.25) is 4.79 Å². The Morgan fingerprint density at radius 3 is 2.31 bits per heavy atom. The van der Waals surface area contributed by atoms with Crippen LogP contribution in [0.2, 0.25) is 0 Å². The van der Waals surface area contributed by atoms with Gasteiger partial charge >= 0.3 is 0 Å². The number of carbonyl (C=O) groups is 1. The van der Waals surface area contributed by atoms with Gasteiger partial charge in [-0.05, 0) is 86.3 Å². The van der Waals surface area contributed by atoms with E-state index in [-0.39, 0.29) is 17.2 Å². The molecule has 2 fully saturated rings. The van der Waals surface area contributed by atoms with Crippen LogP contribution in [0.25, 0.3) is 0 Å². The molecule has 1 heterocycles. The predicted molar refractivity (Wildman–Crippen MR) is 105 cm³/mol. The minimum absolute atomic E-state index is 0.183. The lowest BCUT2D eigenvalue weighted by molar-refractivity contribution is -0.118. The van der Waals surface area contributed by atoms with Crippen LogP contribution in [0.4, 0.5) is 5.69 Å². The van der Waals surface area contributed by atoms with E-state index in [0.29, 0.717) is 0 Å². The third kappa shape index (κ3) is 3.74. The Kier molecular flexibility index (Phi) is 4.92. The van der Waals surface area contributed by atoms with E-state index < -0.39 is 0 Å². The molecule has 4 rings (SSSR count). The lowest BCUT2D eigenvalue weighted by Crippen LogP contribution is -2.31. The number of nitrogens with one attached hydrogen (secondary N) is 2. The number of anilines is 1. The second-order valence-corrected chi connectivity index (χ2v) is 8.31. The van der Waals surface area contributed by atoms with Crippen LogP contribution in [0.1, 0.15) is 19.3 Å². The smallest absolute Gasteiger partial charge is 0.228 e. The number of piperidine rings is 1. The van der Waals surface area contributed by atoms with E-state index in [1.54, 1.807) is 18.9 Å². The molecule has 5 heteroatoms. The maximum atomic E-state index is 12.5. The van der Waals surface area contributed by atoms with Crippen molar-refractivity contribution in [3.8, 4) is 5.75 Å². The number of benzene rings is 2. The first-order valence-electron chi connectivity index (χ1n) is 9.12. The number of methoxy groups -OCH3 is 1. The maximum Gasteiger partial charge on any atom is 0.228 e. The molecule has 1 aliphatic carbocycles. The first-order valence-corrected chi connectivity index (χ1v) is 9.94. The Morgan fingerprint density at radius 1 is 1.08 bits per heavy atom. The standard InChI is InChI=1S/C21H24N2O2S/c1-25-16-4-8-18(9-5-16)26-17-6-2-15(3-7-17)23-20(24)19-14-21(19)10-12-22-13-11-21/h2-9,19,22H,10-14H2,1H3,(H,23,24). The molecule has 4 nitrogen and oxygen atoms in total. The van der Waals surface area contributed by atoms with Gasteiger partial charge in [-0.15, -0.1) is 0 Å². The van der Waals surface area contributed by atoms with Crippen LogP contribution >= 0.6 is 11.8 Å². The summed E-state index contributed by atoms with van der Waals surface area (Å²) < 4.78 is 5.19. The van der Waals surface area contributed by atoms with E-state index >= 15 is 0 Å². The molecule has 1 amide bonds. The van der Waals surface area contributed by atoms with Gasteiger partial charge in [-0.2, -0.15) is 0 Å². The average molecular weight is 369 g/mol. The fourth-order valence-electron chi connectivity index (χ4n) is 3.81. The lowest BCUT2D eigenvalue weighted by atomic mass is 9.92. The SMILES string of the molecule is COc1ccc(Sc2ccc(NC(=O)C3CC34CCNCC4)cc2)cc1. The van der Waals surface area contributed by atoms with Gasteiger partial charge in [-0.1, -0.05) is 11.8 Å². The lowest BCUT2D eigenvalue weighted by Gasteiger charge is -2.23. The fourth-order valence-corrected chi connectivity index (χ4v) is 4.63. The molecule has 1 unspecified atom stereocenters. The third-order valence-corrected chi connectivity index (χ3v) is 6.54. The van der Waals surface area contributed by atoms with Crippen molar-refractivity contribution in [2.24, 2.45) is 11.3 Å². The van der Waals surface area contributed by atoms with Crippen molar-refractivity contribution < 1.29 is 9.53 Å². The predicted octanol–water partition coefficient (Wildman–Crippen LogP) is 4.17. The molecule has 0 aromatic heterocycles. The first kappa shape index (κ1) is 17.4. The van der Waals surface area contributed by atoms with E-state index in [1.165, 1.54) is 0 Å². The molecular weight excluding hydrogens is 344 g/mol. The molecule has 0 bridgehead atoms. The number of hydrogen-bond donors (Lipinski definition) is 2. The Bertz CT molecular complexity index is 768. The molecule has 1 spiro atoms. The number of carbonyl (C=O) groups excluding carboxylic acids is 1. The Hall–Kier alpha value is -1.98. The number of amides is 1. The first-order chi connectivity index (χ1) is 12.7. The van der Waals surface area contributed by atoms with Crippen molar-refractivity contribution in [3.05, 3.63) is 48.5 Å². The van der Waals surface area contributed by atoms with Crippen molar-refractivity contribution in [2.45, 2.75) is 29.1 Å². The topological polar surface area (TPSA) is 50.4 Å². The van der Waals surface area contributed by atoms with Crippen LogP contribution in [0.5, 0.6) is 5.75 Å². The second kappa shape index (κ2) is 7.33. The normalized spacial score (nSPS) is 20.6. The molecule has 136 valence electrons. The zero-order valence-electron chi connectivity index (χ0n) is 15.0. The van der Waals surface area contributed by atoms with Crippen LogP contribution < -0.4 is 15.4 Å². The highest BCUT2D eigenvalue weighted by Crippen LogP contribution is 2.58. The van der Waals surface area contributed by atoms with Crippen LogP contribution in [0, 0.1) is 11.3 Å². The van der Waals surface area contributed by atoms with Gasteiger partial charge in [0.05, 0.1) is 7.11 Å². The summed E-state index contributed by atoms with van der Waals surface area (Å²) in [4.78, 5) is 14.8. The molecule has 2 aromatic rings. The Morgan fingerprint density at radius 2 is 1.69 bits per heavy atom. The molecule has 0 radical (unpaired) electrons. The summed E-state index contributed by atoms with van der Waals surface area (Å²) in [6.07, 6.45) is 3.30. The molecule has 1 saturated carbocycles. The number of rotatable bonds is 5. The highest BCUT2D eigenvalue weighted by Gasteiger charge is 2.57. The summed E-state index contributed by atoms with van der Waals surface area (Å²) >= 11 is 1.70. The maximum absolute atomic E-state index is 12.5. The summed E-state index contributed by atoms with van der Waals surface area (Å²) in [5.74, 6) is 1.24. The minimum Gasteiger partial charge on any atom is -0.497 e. The summed E-state index contributed by atoms with van der Waals surface area (Å²) in [5, 5.41) is 6.48. The molecule has 2 N–H and O–H groups in total. The minimum atomic E-state index is 0.183. The fraction of sp³-hybridized carbons (Fsp3) is 0.381. The van der Waals surface area contributed by atoms with Gasteiger partial charge in [0.25, 0.3) is 0 Å². The quantitative estimate of drug-likeness (QED) is 0.831. The summed E-state index contributed by atoms with van der Waals surface area (Å²) in [6, 6.07) is 16.1. The zero-order valence-corrected chi connectivity index (χ0v) is 15.8. The molecule has 1 atom stereocenters. The molecular formula is C21H24N2O2S. The molecule has 2 aromatic carbocycles. The highest BCUT2D eigenvalue weighted by atomic mass is 32.2. The van der Waals surface area contributed by atoms with Crippen molar-refractivity contribution >= 4 is 23.4 Å². The van der Waals surface area contributed by atoms with Crippen LogP contribution in [0.3, 0.4) is 0 Å². The van der Waals surface area contributed by atoms with Gasteiger partial charge in [0.15, 0.2) is 0 Å². The van der Waals surface area contributed by atoms with Crippen molar-refractivity contribution in [1.29, 1.82) is 0 Å². The van der Waals surface area contributed by atoms with E-state index in [4.69, 9.17) is 4.74 Å². The van der Waals surface area contributed by atoms with E-state index in [0.717, 1.165) is 53.6 Å². The van der Waals surface area contributed by atoms with Gasteiger partial charge in [0.2, 0.25) is 5.91 Å². The molecule has 26 heavy (non-hydrogen) atoms. The summed E-state index contributed by atoms with van der Waals surface area (Å²) in [7, 11) is 1.67. The summed E-state index contributed by atoms with van der Waals surface area (Å²) in [6.45, 7) is 2.09. The zero-order chi connectivity index (χ0) is 18.0. The summed E-state index contributed by atoms with van der Waals surface area (Å²) in [5.41, 5.74) is 1.16. The van der Waals surface area contributed by atoms with Crippen molar-refractivity contribution in [1.82, 2.24) is 5.32 Å². The number of hydrogen-bond acceptors (Lipinski definition) is 4. The molecule has 1 saturated heterocycles. The van der Waals surface area contributed by atoms with E-state index in [2.05, 4.69) is 22.8 Å². The van der Waals surface area contributed by atoms with E-state index in [1.807, 2.05) is 36.4 Å². The molecule has 2 aliphatic rings. The van der Waals surface area contributed by atoms with Crippen molar-refractivity contribution in [2.75, 3.05) is 25.5 Å². The largest absolute Gasteiger partial charge is 0.497 e. The molecule has 1 aliphatic heterocycles. The van der Waals surface area contributed by atoms with Crippen LogP contribution in [-0.2, 0) is 4.79 Å². The van der Waals surface area contributed by atoms with Crippen LogP contribution in [-0.4, -0.2) is 26.1 Å². The Labute approximate surface area is 158 Å². The van der Waals surface area contributed by atoms with Gasteiger partial charge in [0.1, 0.15) is 5.75 Å². The van der Waals surface area contributed by atoms with Gasteiger partial charge in [-0.25, -0.2) is 0 Å². The monoisotopic (exact) mass is 368 g/mol. The number of ether oxygens (including phenoxy) is 1. The Balaban J connectivity index is 1.33. The van der Waals surface area contributed by atoms with Gasteiger partial charge < -0.3 is 15.4 Å². The van der Waals surface area contributed by atoms with Crippen molar-refractivity contribution in [3.63, 3.8) is 0 Å². The van der Waals surface area contributed by atoms with E-state index in [9.17, 15) is 4.79 Å². The highest BCUT2D eigenvalue weighted by molar-refractivity contribution is 7.99. The second-order valence-electron chi connectivity index (χ2n) is 7.16. The third-order valence-electron chi connectivity index (χ3n) is 5.52. The van der Waals surface area contributed by atoms with Gasteiger partial charge in [0, 0.05) is 21.4 Å².